The van der Waals surface area contributed by atoms with Crippen LogP contribution in [0.3, 0.4) is 0 Å². The van der Waals surface area contributed by atoms with Crippen LogP contribution in [-0.4, -0.2) is 31.1 Å². The smallest absolute Gasteiger partial charge is 0.312 e. The second kappa shape index (κ2) is 7.91. The number of rotatable bonds is 5. The summed E-state index contributed by atoms with van der Waals surface area (Å²) in [7, 11) is 3.07. The summed E-state index contributed by atoms with van der Waals surface area (Å²) in [5.41, 5.74) is 1.69. The molecule has 152 valence electrons. The number of carbonyl (C=O) groups is 2. The lowest BCUT2D eigenvalue weighted by Crippen LogP contribution is -2.22. The van der Waals surface area contributed by atoms with E-state index >= 15 is 0 Å². The number of esters is 1. The molecule has 0 fully saturated rings. The Bertz CT molecular complexity index is 1120. The SMILES string of the molecule is COc1ccc([C@@H]2CC(=O)Oc3ccc(C(=O)c4ccccc4)c(O)c32)c(OC)c1. The van der Waals surface area contributed by atoms with E-state index in [1.165, 1.54) is 13.2 Å². The van der Waals surface area contributed by atoms with Crippen molar-refractivity contribution in [3.8, 4) is 23.0 Å². The van der Waals surface area contributed by atoms with E-state index in [0.717, 1.165) is 0 Å². The number of benzene rings is 3. The number of hydrogen-bond donors (Lipinski definition) is 1. The van der Waals surface area contributed by atoms with Crippen molar-refractivity contribution in [2.45, 2.75) is 12.3 Å². The molecule has 0 amide bonds. The molecule has 1 aliphatic rings. The topological polar surface area (TPSA) is 82.1 Å². The third kappa shape index (κ3) is 3.37. The molecule has 6 heteroatoms. The van der Waals surface area contributed by atoms with E-state index in [4.69, 9.17) is 14.2 Å². The Morgan fingerprint density at radius 1 is 1.03 bits per heavy atom. The van der Waals surface area contributed by atoms with E-state index in [1.807, 2.05) is 6.07 Å². The third-order valence-corrected chi connectivity index (χ3v) is 5.22. The Kier molecular flexibility index (Phi) is 5.14. The number of methoxy groups -OCH3 is 2. The molecule has 4 rings (SSSR count). The lowest BCUT2D eigenvalue weighted by molar-refractivity contribution is -0.135. The number of aromatic hydroxyl groups is 1. The van der Waals surface area contributed by atoms with E-state index in [0.29, 0.717) is 28.2 Å². The molecule has 0 saturated heterocycles. The van der Waals surface area contributed by atoms with Crippen LogP contribution in [0, 0.1) is 0 Å². The summed E-state index contributed by atoms with van der Waals surface area (Å²) in [6.45, 7) is 0. The van der Waals surface area contributed by atoms with Gasteiger partial charge in [-0.05, 0) is 18.2 Å². The van der Waals surface area contributed by atoms with Crippen LogP contribution in [0.2, 0.25) is 0 Å². The lowest BCUT2D eigenvalue weighted by Gasteiger charge is -2.27. The molecule has 0 unspecified atom stereocenters. The highest BCUT2D eigenvalue weighted by Crippen LogP contribution is 2.48. The number of ether oxygens (including phenoxy) is 3. The van der Waals surface area contributed by atoms with Crippen LogP contribution in [0.1, 0.15) is 39.4 Å². The van der Waals surface area contributed by atoms with E-state index in [-0.39, 0.29) is 29.3 Å². The highest BCUT2D eigenvalue weighted by Gasteiger charge is 2.35. The first-order valence-corrected chi connectivity index (χ1v) is 9.41. The minimum atomic E-state index is -0.536. The maximum atomic E-state index is 13.0. The van der Waals surface area contributed by atoms with Crippen LogP contribution in [0.25, 0.3) is 0 Å². The number of phenols is 1. The summed E-state index contributed by atoms with van der Waals surface area (Å²) in [5, 5.41) is 11.1. The maximum absolute atomic E-state index is 13.0. The summed E-state index contributed by atoms with van der Waals surface area (Å²) in [6.07, 6.45) is 0.00618. The van der Waals surface area contributed by atoms with E-state index < -0.39 is 11.9 Å². The van der Waals surface area contributed by atoms with Gasteiger partial charge in [-0.25, -0.2) is 0 Å². The molecule has 1 atom stereocenters. The van der Waals surface area contributed by atoms with Crippen molar-refractivity contribution < 1.29 is 28.9 Å². The molecule has 30 heavy (non-hydrogen) atoms. The average Bonchev–Trinajstić information content (AvgIpc) is 2.78. The Morgan fingerprint density at radius 2 is 1.80 bits per heavy atom. The highest BCUT2D eigenvalue weighted by atomic mass is 16.5. The van der Waals surface area contributed by atoms with E-state index in [9.17, 15) is 14.7 Å². The molecule has 3 aromatic rings. The number of ketones is 1. The monoisotopic (exact) mass is 404 g/mol. The van der Waals surface area contributed by atoms with Gasteiger partial charge in [0.15, 0.2) is 5.78 Å². The van der Waals surface area contributed by atoms with Crippen molar-refractivity contribution >= 4 is 11.8 Å². The Hall–Kier alpha value is -3.80. The van der Waals surface area contributed by atoms with Crippen molar-refractivity contribution in [2.75, 3.05) is 14.2 Å². The van der Waals surface area contributed by atoms with Gasteiger partial charge in [0.25, 0.3) is 0 Å². The zero-order valence-electron chi connectivity index (χ0n) is 16.5. The van der Waals surface area contributed by atoms with Crippen molar-refractivity contribution in [3.63, 3.8) is 0 Å². The van der Waals surface area contributed by atoms with Crippen molar-refractivity contribution in [1.82, 2.24) is 0 Å². The molecule has 1 aliphatic heterocycles. The largest absolute Gasteiger partial charge is 0.507 e. The lowest BCUT2D eigenvalue weighted by atomic mass is 9.83. The van der Waals surface area contributed by atoms with E-state index in [1.54, 1.807) is 55.6 Å². The van der Waals surface area contributed by atoms with Crippen LogP contribution in [0.5, 0.6) is 23.0 Å². The van der Waals surface area contributed by atoms with Gasteiger partial charge in [-0.2, -0.15) is 0 Å². The normalized spacial score (nSPS) is 15.1. The Morgan fingerprint density at radius 3 is 2.50 bits per heavy atom. The predicted molar refractivity (Wildman–Crippen MR) is 110 cm³/mol. The summed E-state index contributed by atoms with van der Waals surface area (Å²) in [6, 6.07) is 17.0. The van der Waals surface area contributed by atoms with Crippen molar-refractivity contribution in [2.24, 2.45) is 0 Å². The average molecular weight is 404 g/mol. The van der Waals surface area contributed by atoms with Gasteiger partial charge in [0.1, 0.15) is 23.0 Å². The predicted octanol–water partition coefficient (Wildman–Crippen LogP) is 4.08. The van der Waals surface area contributed by atoms with Crippen molar-refractivity contribution in [3.05, 3.63) is 82.9 Å². The van der Waals surface area contributed by atoms with Gasteiger partial charge in [-0.3, -0.25) is 9.59 Å². The summed E-state index contributed by atoms with van der Waals surface area (Å²) >= 11 is 0. The number of carbonyl (C=O) groups excluding carboxylic acids is 2. The summed E-state index contributed by atoms with van der Waals surface area (Å²) < 4.78 is 16.1. The van der Waals surface area contributed by atoms with Gasteiger partial charge in [-0.1, -0.05) is 36.4 Å². The molecule has 3 aromatic carbocycles. The molecule has 0 radical (unpaired) electrons. The maximum Gasteiger partial charge on any atom is 0.312 e. The summed E-state index contributed by atoms with van der Waals surface area (Å²) in [4.78, 5) is 25.2. The van der Waals surface area contributed by atoms with Crippen LogP contribution < -0.4 is 14.2 Å². The standard InChI is InChI=1S/C24H20O6/c1-28-15-8-9-16(20(12-15)29-2)18-13-21(25)30-19-11-10-17(24(27)22(18)19)23(26)14-6-4-3-5-7-14/h3-12,18,27H,13H2,1-2H3/t18-/m0/s1. The Balaban J connectivity index is 1.86. The zero-order chi connectivity index (χ0) is 21.3. The molecule has 0 saturated carbocycles. The van der Waals surface area contributed by atoms with Gasteiger partial charge in [-0.15, -0.1) is 0 Å². The number of phenolic OH excluding ortho intramolecular Hbond substituents is 1. The fourth-order valence-electron chi connectivity index (χ4n) is 3.75. The van der Waals surface area contributed by atoms with Gasteiger partial charge in [0, 0.05) is 28.7 Å². The first-order valence-electron chi connectivity index (χ1n) is 9.41. The third-order valence-electron chi connectivity index (χ3n) is 5.22. The second-order valence-corrected chi connectivity index (χ2v) is 6.91. The molecular formula is C24H20O6. The molecule has 0 aliphatic carbocycles. The summed E-state index contributed by atoms with van der Waals surface area (Å²) in [5.74, 6) is -0.121. The van der Waals surface area contributed by atoms with Gasteiger partial charge >= 0.3 is 5.97 Å². The van der Waals surface area contributed by atoms with Crippen LogP contribution in [0.4, 0.5) is 0 Å². The number of fused-ring (bicyclic) bond motifs is 1. The van der Waals surface area contributed by atoms with E-state index in [2.05, 4.69) is 0 Å². The first kappa shape index (κ1) is 19.5. The molecule has 0 aromatic heterocycles. The fraction of sp³-hybridized carbons (Fsp3) is 0.167. The molecule has 1 heterocycles. The van der Waals surface area contributed by atoms with Gasteiger partial charge < -0.3 is 19.3 Å². The molecule has 1 N–H and O–H groups in total. The second-order valence-electron chi connectivity index (χ2n) is 6.91. The molecular weight excluding hydrogens is 384 g/mol. The first-order chi connectivity index (χ1) is 14.5. The van der Waals surface area contributed by atoms with Crippen LogP contribution >= 0.6 is 0 Å². The minimum absolute atomic E-state index is 0.00618. The van der Waals surface area contributed by atoms with Crippen molar-refractivity contribution in [1.29, 1.82) is 0 Å². The molecule has 6 nitrogen and oxygen atoms in total. The molecule has 0 bridgehead atoms. The minimum Gasteiger partial charge on any atom is -0.507 e. The molecule has 0 spiro atoms. The van der Waals surface area contributed by atoms with Gasteiger partial charge in [0.2, 0.25) is 0 Å². The zero-order valence-corrected chi connectivity index (χ0v) is 16.5. The quantitative estimate of drug-likeness (QED) is 0.392. The number of hydrogen-bond acceptors (Lipinski definition) is 6. The van der Waals surface area contributed by atoms with Gasteiger partial charge in [0.05, 0.1) is 26.2 Å². The van der Waals surface area contributed by atoms with Crippen LogP contribution in [0.15, 0.2) is 60.7 Å². The Labute approximate surface area is 173 Å². The fourth-order valence-corrected chi connectivity index (χ4v) is 3.75. The highest BCUT2D eigenvalue weighted by molar-refractivity contribution is 6.11. The van der Waals surface area contributed by atoms with Crippen LogP contribution in [-0.2, 0) is 4.79 Å².